The van der Waals surface area contributed by atoms with Gasteiger partial charge in [0.25, 0.3) is 0 Å². The third kappa shape index (κ3) is 5.91. The Morgan fingerprint density at radius 1 is 1.03 bits per heavy atom. The van der Waals surface area contributed by atoms with E-state index < -0.39 is 5.82 Å². The molecule has 0 bridgehead atoms. The van der Waals surface area contributed by atoms with Crippen LogP contribution in [0.5, 0.6) is 0 Å². The number of hydrogen-bond donors (Lipinski definition) is 2. The van der Waals surface area contributed by atoms with E-state index in [9.17, 15) is 14.0 Å². The molecule has 1 aromatic heterocycles. The standard InChI is InChI=1S/C22H24FN5O2S/c1-4-28-19(12-20(29)24-17-10-9-14(2)11-15(17)3)26-27-22(28)31-13-21(30)25-18-8-6-5-7-16(18)23/h5-11H,4,12-13H2,1-3H3,(H,24,29)(H,25,30). The summed E-state index contributed by atoms with van der Waals surface area (Å²) in [6.45, 7) is 6.41. The van der Waals surface area contributed by atoms with Crippen LogP contribution in [0.3, 0.4) is 0 Å². The molecule has 0 atom stereocenters. The predicted molar refractivity (Wildman–Crippen MR) is 120 cm³/mol. The molecule has 2 aromatic carbocycles. The Labute approximate surface area is 184 Å². The fraction of sp³-hybridized carbons (Fsp3) is 0.273. The van der Waals surface area contributed by atoms with Gasteiger partial charge in [-0.05, 0) is 44.5 Å². The lowest BCUT2D eigenvalue weighted by atomic mass is 10.1. The number of nitrogens with zero attached hydrogens (tertiary/aromatic N) is 3. The molecule has 0 spiro atoms. The van der Waals surface area contributed by atoms with Crippen molar-refractivity contribution < 1.29 is 14.0 Å². The van der Waals surface area contributed by atoms with Gasteiger partial charge in [-0.3, -0.25) is 9.59 Å². The summed E-state index contributed by atoms with van der Waals surface area (Å²) in [5, 5.41) is 14.2. The summed E-state index contributed by atoms with van der Waals surface area (Å²) in [5.41, 5.74) is 3.01. The van der Waals surface area contributed by atoms with Gasteiger partial charge in [0.05, 0.1) is 17.9 Å². The first-order chi connectivity index (χ1) is 14.9. The zero-order chi connectivity index (χ0) is 22.4. The third-order valence-electron chi connectivity index (χ3n) is 4.56. The van der Waals surface area contributed by atoms with E-state index in [-0.39, 0.29) is 29.7 Å². The summed E-state index contributed by atoms with van der Waals surface area (Å²) < 4.78 is 15.5. The van der Waals surface area contributed by atoms with Crippen LogP contribution in [0, 0.1) is 19.7 Å². The minimum Gasteiger partial charge on any atom is -0.325 e. The number of thioether (sulfide) groups is 1. The molecule has 1 heterocycles. The Kier molecular flexibility index (Phi) is 7.41. The van der Waals surface area contributed by atoms with Crippen LogP contribution in [0.4, 0.5) is 15.8 Å². The molecule has 0 aliphatic carbocycles. The number of aryl methyl sites for hydroxylation is 2. The number of halogens is 1. The summed E-state index contributed by atoms with van der Waals surface area (Å²) in [6.07, 6.45) is 0.0656. The lowest BCUT2D eigenvalue weighted by Gasteiger charge is -2.10. The van der Waals surface area contributed by atoms with Crippen LogP contribution in [-0.4, -0.2) is 32.3 Å². The van der Waals surface area contributed by atoms with E-state index in [4.69, 9.17) is 0 Å². The van der Waals surface area contributed by atoms with Crippen molar-refractivity contribution in [2.45, 2.75) is 38.9 Å². The quantitative estimate of drug-likeness (QED) is 0.517. The maximum absolute atomic E-state index is 13.7. The Balaban J connectivity index is 1.60. The number of hydrogen-bond acceptors (Lipinski definition) is 5. The van der Waals surface area contributed by atoms with Gasteiger partial charge in [-0.2, -0.15) is 0 Å². The summed E-state index contributed by atoms with van der Waals surface area (Å²) in [4.78, 5) is 24.7. The fourth-order valence-electron chi connectivity index (χ4n) is 3.05. The molecule has 3 aromatic rings. The number of para-hydroxylation sites is 1. The van der Waals surface area contributed by atoms with Crippen LogP contribution in [0.1, 0.15) is 23.9 Å². The molecule has 2 N–H and O–H groups in total. The van der Waals surface area contributed by atoms with Crippen molar-refractivity contribution in [3.8, 4) is 0 Å². The van der Waals surface area contributed by atoms with Crippen molar-refractivity contribution >= 4 is 35.0 Å². The smallest absolute Gasteiger partial charge is 0.234 e. The number of carbonyl (C=O) groups is 2. The van der Waals surface area contributed by atoms with E-state index in [2.05, 4.69) is 20.8 Å². The van der Waals surface area contributed by atoms with Gasteiger partial charge < -0.3 is 15.2 Å². The van der Waals surface area contributed by atoms with E-state index in [1.54, 1.807) is 16.7 Å². The van der Waals surface area contributed by atoms with Gasteiger partial charge >= 0.3 is 0 Å². The lowest BCUT2D eigenvalue weighted by molar-refractivity contribution is -0.116. The van der Waals surface area contributed by atoms with Gasteiger partial charge in [0.2, 0.25) is 11.8 Å². The molecular weight excluding hydrogens is 417 g/mol. The molecular formula is C22H24FN5O2S. The molecule has 7 nitrogen and oxygen atoms in total. The van der Waals surface area contributed by atoms with E-state index in [1.807, 2.05) is 39.0 Å². The first-order valence-electron chi connectivity index (χ1n) is 9.83. The van der Waals surface area contributed by atoms with E-state index >= 15 is 0 Å². The first-order valence-corrected chi connectivity index (χ1v) is 10.8. The van der Waals surface area contributed by atoms with Crippen molar-refractivity contribution in [3.63, 3.8) is 0 Å². The largest absolute Gasteiger partial charge is 0.325 e. The second-order valence-electron chi connectivity index (χ2n) is 7.00. The molecule has 0 aliphatic heterocycles. The molecule has 0 aliphatic rings. The second kappa shape index (κ2) is 10.2. The average Bonchev–Trinajstić information content (AvgIpc) is 3.11. The van der Waals surface area contributed by atoms with Crippen molar-refractivity contribution in [1.29, 1.82) is 0 Å². The predicted octanol–water partition coefficient (Wildman–Crippen LogP) is 3.97. The second-order valence-corrected chi connectivity index (χ2v) is 7.95. The van der Waals surface area contributed by atoms with E-state index in [0.717, 1.165) is 16.8 Å². The van der Waals surface area contributed by atoms with Gasteiger partial charge in [0.15, 0.2) is 5.16 Å². The highest BCUT2D eigenvalue weighted by molar-refractivity contribution is 7.99. The monoisotopic (exact) mass is 441 g/mol. The fourth-order valence-corrected chi connectivity index (χ4v) is 3.87. The molecule has 3 rings (SSSR count). The maximum Gasteiger partial charge on any atom is 0.234 e. The maximum atomic E-state index is 13.7. The van der Waals surface area contributed by atoms with Crippen molar-refractivity contribution in [1.82, 2.24) is 14.8 Å². The number of anilines is 2. The van der Waals surface area contributed by atoms with Crippen molar-refractivity contribution in [2.75, 3.05) is 16.4 Å². The zero-order valence-electron chi connectivity index (χ0n) is 17.6. The SMILES string of the molecule is CCn1c(CC(=O)Nc2ccc(C)cc2C)nnc1SCC(=O)Nc1ccccc1F. The molecule has 0 fully saturated rings. The molecule has 9 heteroatoms. The Bertz CT molecular complexity index is 1100. The van der Waals surface area contributed by atoms with Crippen LogP contribution in [0.2, 0.25) is 0 Å². The summed E-state index contributed by atoms with van der Waals surface area (Å²) in [7, 11) is 0. The zero-order valence-corrected chi connectivity index (χ0v) is 18.4. The van der Waals surface area contributed by atoms with E-state index in [1.165, 1.54) is 23.9 Å². The first kappa shape index (κ1) is 22.5. The molecule has 0 radical (unpaired) electrons. The third-order valence-corrected chi connectivity index (χ3v) is 5.53. The van der Waals surface area contributed by atoms with Gasteiger partial charge in [-0.25, -0.2) is 4.39 Å². The van der Waals surface area contributed by atoms with Gasteiger partial charge in [0, 0.05) is 12.2 Å². The molecule has 0 saturated heterocycles. The van der Waals surface area contributed by atoms with Crippen LogP contribution in [0.25, 0.3) is 0 Å². The topological polar surface area (TPSA) is 88.9 Å². The van der Waals surface area contributed by atoms with Crippen LogP contribution in [0.15, 0.2) is 47.6 Å². The molecule has 2 amide bonds. The normalized spacial score (nSPS) is 10.7. The van der Waals surface area contributed by atoms with Crippen LogP contribution in [-0.2, 0) is 22.6 Å². The summed E-state index contributed by atoms with van der Waals surface area (Å²) in [6, 6.07) is 11.8. The molecule has 162 valence electrons. The highest BCUT2D eigenvalue weighted by atomic mass is 32.2. The van der Waals surface area contributed by atoms with Crippen molar-refractivity contribution in [2.24, 2.45) is 0 Å². The minimum absolute atomic E-state index is 0.0429. The number of amides is 2. The lowest BCUT2D eigenvalue weighted by Crippen LogP contribution is -2.18. The number of nitrogens with one attached hydrogen (secondary N) is 2. The number of aromatic nitrogens is 3. The minimum atomic E-state index is -0.491. The summed E-state index contributed by atoms with van der Waals surface area (Å²) >= 11 is 1.18. The highest BCUT2D eigenvalue weighted by Gasteiger charge is 2.17. The summed E-state index contributed by atoms with van der Waals surface area (Å²) in [5.74, 6) is -0.476. The molecule has 31 heavy (non-hydrogen) atoms. The average molecular weight is 442 g/mol. The Morgan fingerprint density at radius 2 is 1.77 bits per heavy atom. The van der Waals surface area contributed by atoms with E-state index in [0.29, 0.717) is 17.5 Å². The number of rotatable bonds is 8. The molecule has 0 saturated carbocycles. The number of benzene rings is 2. The van der Waals surface area contributed by atoms with Gasteiger partial charge in [-0.15, -0.1) is 10.2 Å². The number of carbonyl (C=O) groups excluding carboxylic acids is 2. The van der Waals surface area contributed by atoms with Gasteiger partial charge in [0.1, 0.15) is 11.6 Å². The Morgan fingerprint density at radius 3 is 2.48 bits per heavy atom. The van der Waals surface area contributed by atoms with Crippen LogP contribution < -0.4 is 10.6 Å². The van der Waals surface area contributed by atoms with Crippen LogP contribution >= 0.6 is 11.8 Å². The highest BCUT2D eigenvalue weighted by Crippen LogP contribution is 2.20. The Hall–Kier alpha value is -3.20. The van der Waals surface area contributed by atoms with Gasteiger partial charge in [-0.1, -0.05) is 41.6 Å². The van der Waals surface area contributed by atoms with Crippen molar-refractivity contribution in [3.05, 3.63) is 65.2 Å². The molecule has 0 unspecified atom stereocenters.